The van der Waals surface area contributed by atoms with E-state index >= 15 is 0 Å². The first-order chi connectivity index (χ1) is 16.9. The van der Waals surface area contributed by atoms with Gasteiger partial charge in [-0.05, 0) is 48.7 Å². The van der Waals surface area contributed by atoms with Crippen molar-refractivity contribution in [1.29, 1.82) is 0 Å². The highest BCUT2D eigenvalue weighted by molar-refractivity contribution is 6.30. The van der Waals surface area contributed by atoms with E-state index in [1.165, 1.54) is 17.0 Å². The van der Waals surface area contributed by atoms with E-state index in [0.717, 1.165) is 17.5 Å². The molecular formula is C28H30ClFN2O3. The van der Waals surface area contributed by atoms with Crippen LogP contribution in [0.1, 0.15) is 31.4 Å². The van der Waals surface area contributed by atoms with Gasteiger partial charge in [0.15, 0.2) is 18.2 Å². The van der Waals surface area contributed by atoms with Gasteiger partial charge in [0, 0.05) is 24.0 Å². The van der Waals surface area contributed by atoms with Crippen LogP contribution in [0.3, 0.4) is 0 Å². The average molecular weight is 497 g/mol. The molecule has 3 aromatic carbocycles. The van der Waals surface area contributed by atoms with E-state index in [4.69, 9.17) is 16.3 Å². The molecule has 3 aromatic rings. The number of benzene rings is 3. The molecule has 0 aliphatic carbocycles. The highest BCUT2D eigenvalue weighted by Gasteiger charge is 2.31. The molecule has 0 bridgehead atoms. The summed E-state index contributed by atoms with van der Waals surface area (Å²) < 4.78 is 19.6. The second-order valence-corrected chi connectivity index (χ2v) is 8.83. The van der Waals surface area contributed by atoms with Crippen LogP contribution in [0, 0.1) is 5.82 Å². The average Bonchev–Trinajstić information content (AvgIpc) is 2.86. The minimum atomic E-state index is -0.804. The van der Waals surface area contributed by atoms with E-state index in [-0.39, 0.29) is 24.2 Å². The summed E-state index contributed by atoms with van der Waals surface area (Å²) in [5.74, 6) is -1.28. The van der Waals surface area contributed by atoms with Crippen molar-refractivity contribution < 1.29 is 18.7 Å². The summed E-state index contributed by atoms with van der Waals surface area (Å²) in [4.78, 5) is 28.4. The molecule has 3 rings (SSSR count). The lowest BCUT2D eigenvalue weighted by molar-refractivity contribution is -0.143. The van der Waals surface area contributed by atoms with Crippen LogP contribution in [-0.2, 0) is 22.6 Å². The van der Waals surface area contributed by atoms with E-state index in [0.29, 0.717) is 11.4 Å². The number of carbonyl (C=O) groups excluding carboxylic acids is 2. The number of carbonyl (C=O) groups is 2. The summed E-state index contributed by atoms with van der Waals surface area (Å²) in [5, 5.41) is 3.53. The van der Waals surface area contributed by atoms with Gasteiger partial charge in [-0.25, -0.2) is 4.39 Å². The molecule has 0 radical (unpaired) electrons. The molecule has 0 aromatic heterocycles. The summed E-state index contributed by atoms with van der Waals surface area (Å²) in [6.45, 7) is 3.63. The monoisotopic (exact) mass is 496 g/mol. The number of amides is 2. The Morgan fingerprint density at radius 3 is 2.37 bits per heavy atom. The van der Waals surface area contributed by atoms with Crippen LogP contribution < -0.4 is 10.1 Å². The molecule has 0 unspecified atom stereocenters. The Morgan fingerprint density at radius 1 is 1.00 bits per heavy atom. The van der Waals surface area contributed by atoms with Crippen LogP contribution in [0.25, 0.3) is 0 Å². The van der Waals surface area contributed by atoms with Crippen LogP contribution in [0.4, 0.5) is 4.39 Å². The molecule has 0 saturated carbocycles. The number of hydrogen-bond donors (Lipinski definition) is 1. The van der Waals surface area contributed by atoms with Gasteiger partial charge in [-0.3, -0.25) is 9.59 Å². The van der Waals surface area contributed by atoms with Gasteiger partial charge in [-0.2, -0.15) is 0 Å². The number of rotatable bonds is 11. The standard InChI is InChI=1S/C28H30ClFN2O3/c1-3-20(2)31-28(34)25(17-21-10-5-4-6-11-21)32(18-22-12-9-13-23(29)16-22)27(33)19-35-26-15-8-7-14-24(26)30/h4-16,20,25H,3,17-19H2,1-2H3,(H,31,34)/t20-,25-/m1/s1. The molecule has 5 nitrogen and oxygen atoms in total. The zero-order valence-corrected chi connectivity index (χ0v) is 20.7. The number of nitrogens with one attached hydrogen (secondary N) is 1. The van der Waals surface area contributed by atoms with Gasteiger partial charge in [-0.15, -0.1) is 0 Å². The van der Waals surface area contributed by atoms with E-state index in [2.05, 4.69) is 5.32 Å². The molecule has 35 heavy (non-hydrogen) atoms. The van der Waals surface area contributed by atoms with Crippen LogP contribution in [-0.4, -0.2) is 35.4 Å². The van der Waals surface area contributed by atoms with Crippen molar-refractivity contribution in [2.45, 2.75) is 45.3 Å². The second kappa shape index (κ2) is 12.9. The first kappa shape index (κ1) is 26.2. The molecule has 2 atom stereocenters. The van der Waals surface area contributed by atoms with E-state index in [1.807, 2.05) is 50.2 Å². The summed E-state index contributed by atoms with van der Waals surface area (Å²) in [5.41, 5.74) is 1.68. The lowest BCUT2D eigenvalue weighted by atomic mass is 10.0. The van der Waals surface area contributed by atoms with E-state index < -0.39 is 24.4 Å². The minimum absolute atomic E-state index is 0.0211. The molecule has 7 heteroatoms. The maximum Gasteiger partial charge on any atom is 0.261 e. The van der Waals surface area contributed by atoms with Gasteiger partial charge in [-0.1, -0.05) is 73.1 Å². The first-order valence-corrected chi connectivity index (χ1v) is 12.0. The van der Waals surface area contributed by atoms with Crippen molar-refractivity contribution in [3.05, 3.63) is 101 Å². The fourth-order valence-electron chi connectivity index (χ4n) is 3.61. The molecule has 0 saturated heterocycles. The Balaban J connectivity index is 1.92. The number of nitrogens with zero attached hydrogens (tertiary/aromatic N) is 1. The van der Waals surface area contributed by atoms with Crippen molar-refractivity contribution in [2.75, 3.05) is 6.61 Å². The van der Waals surface area contributed by atoms with Crippen molar-refractivity contribution in [1.82, 2.24) is 10.2 Å². The minimum Gasteiger partial charge on any atom is -0.481 e. The molecule has 0 fully saturated rings. The predicted octanol–water partition coefficient (Wildman–Crippen LogP) is 5.41. The Hall–Kier alpha value is -3.38. The first-order valence-electron chi connectivity index (χ1n) is 11.6. The van der Waals surface area contributed by atoms with Crippen molar-refractivity contribution in [3.8, 4) is 5.75 Å². The van der Waals surface area contributed by atoms with Gasteiger partial charge in [0.05, 0.1) is 0 Å². The van der Waals surface area contributed by atoms with Crippen LogP contribution in [0.15, 0.2) is 78.9 Å². The third kappa shape index (κ3) is 7.82. The summed E-state index contributed by atoms with van der Waals surface area (Å²) >= 11 is 6.18. The third-order valence-electron chi connectivity index (χ3n) is 5.70. The van der Waals surface area contributed by atoms with Gasteiger partial charge in [0.1, 0.15) is 6.04 Å². The maximum absolute atomic E-state index is 14.1. The van der Waals surface area contributed by atoms with Gasteiger partial charge >= 0.3 is 0 Å². The number of hydrogen-bond acceptors (Lipinski definition) is 3. The zero-order valence-electron chi connectivity index (χ0n) is 19.9. The van der Waals surface area contributed by atoms with Gasteiger partial charge in [0.2, 0.25) is 5.91 Å². The van der Waals surface area contributed by atoms with Gasteiger partial charge < -0.3 is 15.0 Å². The van der Waals surface area contributed by atoms with E-state index in [9.17, 15) is 14.0 Å². The lowest BCUT2D eigenvalue weighted by Crippen LogP contribution is -2.53. The molecule has 0 aliphatic rings. The highest BCUT2D eigenvalue weighted by Crippen LogP contribution is 2.19. The second-order valence-electron chi connectivity index (χ2n) is 8.39. The fraction of sp³-hybridized carbons (Fsp3) is 0.286. The fourth-order valence-corrected chi connectivity index (χ4v) is 3.82. The summed E-state index contributed by atoms with van der Waals surface area (Å²) in [6.07, 6.45) is 1.07. The topological polar surface area (TPSA) is 58.6 Å². The predicted molar refractivity (Wildman–Crippen MR) is 136 cm³/mol. The molecule has 1 N–H and O–H groups in total. The molecule has 0 aliphatic heterocycles. The van der Waals surface area contributed by atoms with E-state index in [1.54, 1.807) is 30.3 Å². The van der Waals surface area contributed by atoms with Crippen LogP contribution in [0.5, 0.6) is 5.75 Å². The van der Waals surface area contributed by atoms with Crippen molar-refractivity contribution in [2.24, 2.45) is 0 Å². The molecular weight excluding hydrogens is 467 g/mol. The molecule has 2 amide bonds. The normalized spacial score (nSPS) is 12.5. The smallest absolute Gasteiger partial charge is 0.261 e. The summed E-state index contributed by atoms with van der Waals surface area (Å²) in [7, 11) is 0. The zero-order chi connectivity index (χ0) is 25.2. The Kier molecular flexibility index (Phi) is 9.67. The lowest BCUT2D eigenvalue weighted by Gasteiger charge is -2.32. The SMILES string of the molecule is CC[C@@H](C)NC(=O)[C@@H](Cc1ccccc1)N(Cc1cccc(Cl)c1)C(=O)COc1ccccc1F. The van der Waals surface area contributed by atoms with Crippen LogP contribution >= 0.6 is 11.6 Å². The largest absolute Gasteiger partial charge is 0.481 e. The Morgan fingerprint density at radius 2 is 1.69 bits per heavy atom. The summed E-state index contributed by atoms with van der Waals surface area (Å²) in [6, 6.07) is 21.7. The quantitative estimate of drug-likeness (QED) is 0.386. The molecule has 0 spiro atoms. The van der Waals surface area contributed by atoms with Crippen molar-refractivity contribution >= 4 is 23.4 Å². The number of para-hydroxylation sites is 1. The molecule has 184 valence electrons. The van der Waals surface area contributed by atoms with Gasteiger partial charge in [0.25, 0.3) is 5.91 Å². The third-order valence-corrected chi connectivity index (χ3v) is 5.94. The maximum atomic E-state index is 14.1. The number of halogens is 2. The molecule has 0 heterocycles. The number of ether oxygens (including phenoxy) is 1. The van der Waals surface area contributed by atoms with Crippen molar-refractivity contribution in [3.63, 3.8) is 0 Å². The Labute approximate surface area is 210 Å². The van der Waals surface area contributed by atoms with Crippen LogP contribution in [0.2, 0.25) is 5.02 Å². The highest BCUT2D eigenvalue weighted by atomic mass is 35.5. The Bertz CT molecular complexity index is 1130.